The van der Waals surface area contributed by atoms with Crippen molar-refractivity contribution in [3.05, 3.63) is 53.7 Å². The second-order valence-electron chi connectivity index (χ2n) is 6.08. The summed E-state index contributed by atoms with van der Waals surface area (Å²) in [5, 5.41) is 10.1. The molecule has 2 aromatic rings. The predicted octanol–water partition coefficient (Wildman–Crippen LogP) is 1.98. The normalized spacial score (nSPS) is 19.7. The highest BCUT2D eigenvalue weighted by Crippen LogP contribution is 2.34. The van der Waals surface area contributed by atoms with Crippen LogP contribution in [-0.4, -0.2) is 47.8 Å². The molecule has 1 aromatic carbocycles. The molecule has 3 rings (SSSR count). The lowest BCUT2D eigenvalue weighted by Crippen LogP contribution is -2.33. The van der Waals surface area contributed by atoms with Gasteiger partial charge < -0.3 is 19.5 Å². The molecule has 2 heterocycles. The number of aromatic nitrogens is 1. The summed E-state index contributed by atoms with van der Waals surface area (Å²) in [6.45, 7) is 0.324. The maximum atomic E-state index is 12.8. The Labute approximate surface area is 147 Å². The number of nitrogens with zero attached hydrogens (tertiary/aromatic N) is 2. The summed E-state index contributed by atoms with van der Waals surface area (Å²) >= 11 is 0. The Bertz CT molecular complexity index is 750. The van der Waals surface area contributed by atoms with Gasteiger partial charge in [-0.3, -0.25) is 4.79 Å². The average Bonchev–Trinajstić information content (AvgIpc) is 3.04. The van der Waals surface area contributed by atoms with Crippen molar-refractivity contribution >= 4 is 5.91 Å². The summed E-state index contributed by atoms with van der Waals surface area (Å²) in [5.41, 5.74) is 1.61. The summed E-state index contributed by atoms with van der Waals surface area (Å²) in [6.07, 6.45) is 0.160. The molecule has 6 heteroatoms. The van der Waals surface area contributed by atoms with Crippen molar-refractivity contribution in [3.8, 4) is 11.6 Å². The molecule has 0 unspecified atom stereocenters. The number of aliphatic hydroxyl groups excluding tert-OH is 1. The lowest BCUT2D eigenvalue weighted by atomic mass is 10.0. The second-order valence-corrected chi connectivity index (χ2v) is 6.08. The van der Waals surface area contributed by atoms with E-state index in [1.165, 1.54) is 0 Å². The molecule has 1 N–H and O–H groups in total. The molecular weight excluding hydrogens is 320 g/mol. The number of hydrogen-bond acceptors (Lipinski definition) is 5. The number of hydrogen-bond donors (Lipinski definition) is 1. The number of amides is 1. The smallest absolute Gasteiger partial charge is 0.229 e. The first-order valence-electron chi connectivity index (χ1n) is 8.22. The van der Waals surface area contributed by atoms with E-state index < -0.39 is 6.10 Å². The van der Waals surface area contributed by atoms with E-state index in [-0.39, 0.29) is 18.4 Å². The fourth-order valence-electron chi connectivity index (χ4n) is 3.18. The van der Waals surface area contributed by atoms with E-state index in [2.05, 4.69) is 4.98 Å². The molecule has 1 aliphatic heterocycles. The first kappa shape index (κ1) is 17.2. The van der Waals surface area contributed by atoms with E-state index >= 15 is 0 Å². The van der Waals surface area contributed by atoms with Gasteiger partial charge in [0, 0.05) is 12.6 Å². The fourth-order valence-corrected chi connectivity index (χ4v) is 3.18. The van der Waals surface area contributed by atoms with Gasteiger partial charge in [0.2, 0.25) is 11.8 Å². The van der Waals surface area contributed by atoms with Crippen LogP contribution in [0.15, 0.2) is 42.5 Å². The number of β-amino-alcohol motifs (C(OH)–C–C–N with tert-alkyl or cyclic N) is 1. The molecule has 25 heavy (non-hydrogen) atoms. The zero-order chi connectivity index (χ0) is 17.8. The van der Waals surface area contributed by atoms with Gasteiger partial charge in [0.25, 0.3) is 0 Å². The molecule has 2 atom stereocenters. The van der Waals surface area contributed by atoms with Crippen molar-refractivity contribution in [1.82, 2.24) is 9.88 Å². The first-order valence-corrected chi connectivity index (χ1v) is 8.22. The average molecular weight is 342 g/mol. The first-order chi connectivity index (χ1) is 12.1. The Hall–Kier alpha value is -2.60. The van der Waals surface area contributed by atoms with Crippen LogP contribution in [0.25, 0.3) is 0 Å². The fraction of sp³-hybridized carbons (Fsp3) is 0.368. The largest absolute Gasteiger partial charge is 0.497 e. The van der Waals surface area contributed by atoms with Gasteiger partial charge in [-0.2, -0.15) is 0 Å². The molecule has 0 saturated carbocycles. The minimum absolute atomic E-state index is 0.0647. The van der Waals surface area contributed by atoms with Crippen LogP contribution in [0.5, 0.6) is 11.6 Å². The molecule has 1 aliphatic rings. The number of carbonyl (C=O) groups is 1. The SMILES string of the molecule is COc1cccc([C@H]2C[C@H](O)CN2C(=O)Cc2cccc(OC)n2)c1. The molecule has 1 amide bonds. The molecule has 1 fully saturated rings. The Kier molecular flexibility index (Phi) is 5.19. The quantitative estimate of drug-likeness (QED) is 0.899. The van der Waals surface area contributed by atoms with Crippen molar-refractivity contribution in [1.29, 1.82) is 0 Å². The Morgan fingerprint density at radius 1 is 1.24 bits per heavy atom. The van der Waals surface area contributed by atoms with Crippen LogP contribution in [0, 0.1) is 0 Å². The van der Waals surface area contributed by atoms with Gasteiger partial charge >= 0.3 is 0 Å². The molecule has 0 spiro atoms. The van der Waals surface area contributed by atoms with Gasteiger partial charge in [-0.15, -0.1) is 0 Å². The van der Waals surface area contributed by atoms with Crippen LogP contribution in [-0.2, 0) is 11.2 Å². The third-order valence-corrected chi connectivity index (χ3v) is 4.40. The van der Waals surface area contributed by atoms with Crippen molar-refractivity contribution in [2.45, 2.75) is 25.0 Å². The minimum atomic E-state index is -0.529. The maximum Gasteiger partial charge on any atom is 0.229 e. The molecule has 0 aliphatic carbocycles. The van der Waals surface area contributed by atoms with Crippen LogP contribution in [0.2, 0.25) is 0 Å². The lowest BCUT2D eigenvalue weighted by Gasteiger charge is -2.25. The number of carbonyl (C=O) groups excluding carboxylic acids is 1. The standard InChI is InChI=1S/C19H22N2O4/c1-24-16-7-3-5-13(9-16)17-11-15(22)12-21(17)19(23)10-14-6-4-8-18(20-14)25-2/h3-9,15,17,22H,10-12H2,1-2H3/t15-,17+/m0/s1. The number of aliphatic hydroxyl groups is 1. The van der Waals surface area contributed by atoms with Crippen LogP contribution < -0.4 is 9.47 Å². The van der Waals surface area contributed by atoms with E-state index in [9.17, 15) is 9.90 Å². The Morgan fingerprint density at radius 2 is 2.04 bits per heavy atom. The molecule has 6 nitrogen and oxygen atoms in total. The summed E-state index contributed by atoms with van der Waals surface area (Å²) in [5.74, 6) is 1.15. The molecule has 1 aromatic heterocycles. The van der Waals surface area contributed by atoms with E-state index in [0.29, 0.717) is 24.5 Å². The molecule has 0 radical (unpaired) electrons. The number of pyridine rings is 1. The third kappa shape index (κ3) is 3.91. The number of methoxy groups -OCH3 is 2. The van der Waals surface area contributed by atoms with Crippen LogP contribution in [0.1, 0.15) is 23.7 Å². The van der Waals surface area contributed by atoms with E-state index in [0.717, 1.165) is 11.3 Å². The summed E-state index contributed by atoms with van der Waals surface area (Å²) in [4.78, 5) is 18.8. The van der Waals surface area contributed by atoms with Gasteiger partial charge in [0.05, 0.1) is 38.5 Å². The van der Waals surface area contributed by atoms with Crippen molar-refractivity contribution in [2.75, 3.05) is 20.8 Å². The zero-order valence-electron chi connectivity index (χ0n) is 14.4. The molecule has 132 valence electrons. The Morgan fingerprint density at radius 3 is 2.80 bits per heavy atom. The van der Waals surface area contributed by atoms with Crippen molar-refractivity contribution < 1.29 is 19.4 Å². The van der Waals surface area contributed by atoms with Gasteiger partial charge in [-0.25, -0.2) is 4.98 Å². The number of rotatable bonds is 5. The third-order valence-electron chi connectivity index (χ3n) is 4.40. The molecule has 0 bridgehead atoms. The van der Waals surface area contributed by atoms with Gasteiger partial charge in [0.1, 0.15) is 5.75 Å². The highest BCUT2D eigenvalue weighted by atomic mass is 16.5. The molecular formula is C19H22N2O4. The lowest BCUT2D eigenvalue weighted by molar-refractivity contribution is -0.131. The molecule has 1 saturated heterocycles. The van der Waals surface area contributed by atoms with E-state index in [1.807, 2.05) is 30.3 Å². The van der Waals surface area contributed by atoms with Gasteiger partial charge in [-0.05, 0) is 30.2 Å². The monoisotopic (exact) mass is 342 g/mol. The minimum Gasteiger partial charge on any atom is -0.497 e. The number of ether oxygens (including phenoxy) is 2. The van der Waals surface area contributed by atoms with Crippen LogP contribution in [0.3, 0.4) is 0 Å². The highest BCUT2D eigenvalue weighted by Gasteiger charge is 2.35. The van der Waals surface area contributed by atoms with E-state index in [4.69, 9.17) is 9.47 Å². The number of benzene rings is 1. The van der Waals surface area contributed by atoms with Gasteiger partial charge in [0.15, 0.2) is 0 Å². The van der Waals surface area contributed by atoms with Crippen LogP contribution >= 0.6 is 0 Å². The highest BCUT2D eigenvalue weighted by molar-refractivity contribution is 5.79. The second kappa shape index (κ2) is 7.53. The van der Waals surface area contributed by atoms with Crippen molar-refractivity contribution in [3.63, 3.8) is 0 Å². The predicted molar refractivity (Wildman–Crippen MR) is 92.6 cm³/mol. The Balaban J connectivity index is 1.79. The summed E-state index contributed by atoms with van der Waals surface area (Å²) in [7, 11) is 3.16. The summed E-state index contributed by atoms with van der Waals surface area (Å²) in [6, 6.07) is 12.8. The van der Waals surface area contributed by atoms with Gasteiger partial charge in [-0.1, -0.05) is 18.2 Å². The maximum absolute atomic E-state index is 12.8. The number of likely N-dealkylation sites (tertiary alicyclic amines) is 1. The van der Waals surface area contributed by atoms with E-state index in [1.54, 1.807) is 31.3 Å². The van der Waals surface area contributed by atoms with Crippen LogP contribution in [0.4, 0.5) is 0 Å². The zero-order valence-corrected chi connectivity index (χ0v) is 14.4. The summed E-state index contributed by atoms with van der Waals surface area (Å²) < 4.78 is 10.4. The van der Waals surface area contributed by atoms with Crippen molar-refractivity contribution in [2.24, 2.45) is 0 Å². The topological polar surface area (TPSA) is 71.9 Å².